The molecule has 2 aliphatic rings. The third-order valence-corrected chi connectivity index (χ3v) is 10.2. The number of aliphatic carboxylic acids is 1. The first-order chi connectivity index (χ1) is 22.8. The molecule has 1 N–H and O–H groups in total. The lowest BCUT2D eigenvalue weighted by molar-refractivity contribution is -0.149. The zero-order valence-electron chi connectivity index (χ0n) is 26.7. The molecule has 5 aromatic rings. The fourth-order valence-electron chi connectivity index (χ4n) is 7.73. The summed E-state index contributed by atoms with van der Waals surface area (Å²) in [4.78, 5) is 45.2. The molecule has 2 aromatic heterocycles. The van der Waals surface area contributed by atoms with Gasteiger partial charge >= 0.3 is 11.6 Å². The van der Waals surface area contributed by atoms with Gasteiger partial charge in [0.15, 0.2) is 0 Å². The van der Waals surface area contributed by atoms with Gasteiger partial charge in [-0.25, -0.2) is 4.79 Å². The van der Waals surface area contributed by atoms with Gasteiger partial charge in [0.05, 0.1) is 11.8 Å². The lowest BCUT2D eigenvalue weighted by Crippen LogP contribution is -2.50. The summed E-state index contributed by atoms with van der Waals surface area (Å²) in [5.74, 6) is -1.16. The van der Waals surface area contributed by atoms with Crippen molar-refractivity contribution < 1.29 is 23.5 Å². The number of carbonyl (C=O) groups is 2. The van der Waals surface area contributed by atoms with E-state index in [4.69, 9.17) is 8.83 Å². The Bertz CT molecular complexity index is 1970. The molecular formula is C39H40N2O6. The van der Waals surface area contributed by atoms with Crippen LogP contribution >= 0.6 is 0 Å². The van der Waals surface area contributed by atoms with Crippen LogP contribution < -0.4 is 5.63 Å². The quantitative estimate of drug-likeness (QED) is 0.185. The summed E-state index contributed by atoms with van der Waals surface area (Å²) >= 11 is 0. The number of carboxylic acids is 1. The Morgan fingerprint density at radius 1 is 0.872 bits per heavy atom. The third kappa shape index (κ3) is 5.87. The second-order valence-electron chi connectivity index (χ2n) is 13.2. The number of hydrogen-bond donors (Lipinski definition) is 1. The highest BCUT2D eigenvalue weighted by Crippen LogP contribution is 2.47. The zero-order chi connectivity index (χ0) is 32.5. The normalized spacial score (nSPS) is 17.6. The van der Waals surface area contributed by atoms with Crippen molar-refractivity contribution in [1.29, 1.82) is 0 Å². The van der Waals surface area contributed by atoms with Crippen LogP contribution in [0.1, 0.15) is 55.4 Å². The van der Waals surface area contributed by atoms with E-state index in [-0.39, 0.29) is 24.5 Å². The predicted molar refractivity (Wildman–Crippen MR) is 182 cm³/mol. The van der Waals surface area contributed by atoms with Crippen LogP contribution in [-0.4, -0.2) is 59.0 Å². The fourth-order valence-corrected chi connectivity index (χ4v) is 7.73. The van der Waals surface area contributed by atoms with E-state index < -0.39 is 17.0 Å². The number of hydrogen-bond acceptors (Lipinski definition) is 6. The first-order valence-electron chi connectivity index (χ1n) is 16.7. The minimum atomic E-state index is -1.75. The minimum Gasteiger partial charge on any atom is -0.480 e. The molecule has 47 heavy (non-hydrogen) atoms. The first kappa shape index (κ1) is 30.9. The molecule has 0 saturated carbocycles. The second kappa shape index (κ2) is 12.8. The number of carbonyl (C=O) groups excluding carboxylic acids is 1. The molecule has 3 aromatic carbocycles. The monoisotopic (exact) mass is 632 g/mol. The van der Waals surface area contributed by atoms with Gasteiger partial charge in [0.25, 0.3) is 0 Å². The van der Waals surface area contributed by atoms with Gasteiger partial charge in [-0.15, -0.1) is 0 Å². The van der Waals surface area contributed by atoms with Gasteiger partial charge in [0.2, 0.25) is 5.91 Å². The minimum absolute atomic E-state index is 0.0414. The number of amides is 1. The number of furan rings is 1. The molecule has 1 amide bonds. The Morgan fingerprint density at radius 3 is 2.23 bits per heavy atom. The van der Waals surface area contributed by atoms with E-state index in [1.807, 2.05) is 78.6 Å². The summed E-state index contributed by atoms with van der Waals surface area (Å²) in [6, 6.07) is 24.3. The molecule has 0 aliphatic carbocycles. The Labute approximate surface area is 273 Å². The summed E-state index contributed by atoms with van der Waals surface area (Å²) < 4.78 is 12.4. The highest BCUT2D eigenvalue weighted by molar-refractivity contribution is 6.12. The van der Waals surface area contributed by atoms with E-state index in [0.29, 0.717) is 46.8 Å². The van der Waals surface area contributed by atoms with Crippen LogP contribution in [0.15, 0.2) is 92.5 Å². The maximum absolute atomic E-state index is 14.3. The van der Waals surface area contributed by atoms with Crippen LogP contribution in [0.2, 0.25) is 0 Å². The molecule has 4 heterocycles. The van der Waals surface area contributed by atoms with Crippen molar-refractivity contribution in [1.82, 2.24) is 9.80 Å². The number of likely N-dealkylation sites (tertiary alicyclic amines) is 2. The van der Waals surface area contributed by atoms with Crippen LogP contribution in [0, 0.1) is 6.92 Å². The van der Waals surface area contributed by atoms with E-state index in [9.17, 15) is 19.5 Å². The van der Waals surface area contributed by atoms with Gasteiger partial charge in [-0.05, 0) is 80.9 Å². The summed E-state index contributed by atoms with van der Waals surface area (Å²) in [6.07, 6.45) is 5.26. The molecule has 8 nitrogen and oxygen atoms in total. The van der Waals surface area contributed by atoms with Crippen LogP contribution in [0.4, 0.5) is 0 Å². The van der Waals surface area contributed by atoms with Crippen molar-refractivity contribution in [2.75, 3.05) is 26.2 Å². The smallest absolute Gasteiger partial charge is 0.336 e. The number of benzene rings is 3. The largest absolute Gasteiger partial charge is 0.480 e. The molecule has 0 bridgehead atoms. The standard InChI is InChI=1S/C39H40N2O6/c1-26-23-33(43)47-36-30(26)15-16-31-35(36)34(28-13-7-3-8-14-28)37(46-31)39(38(44)45,24-27-11-5-2-6-12-27)25-32(42)41-21-17-29(18-22-41)40-19-9-4-10-20-40/h2-3,5-8,11-16,23,29H,4,9-10,17-22,24-25H2,1H3,(H,44,45). The molecule has 0 radical (unpaired) electrons. The van der Waals surface area contributed by atoms with E-state index in [1.54, 1.807) is 6.07 Å². The van der Waals surface area contributed by atoms with Gasteiger partial charge in [-0.3, -0.25) is 9.59 Å². The van der Waals surface area contributed by atoms with E-state index in [1.165, 1.54) is 25.3 Å². The number of nitrogens with zero attached hydrogens (tertiary/aromatic N) is 2. The first-order valence-corrected chi connectivity index (χ1v) is 16.7. The molecule has 1 unspecified atom stereocenters. The van der Waals surface area contributed by atoms with Crippen molar-refractivity contribution in [3.8, 4) is 11.1 Å². The van der Waals surface area contributed by atoms with Gasteiger partial charge in [-0.2, -0.15) is 0 Å². The predicted octanol–water partition coefficient (Wildman–Crippen LogP) is 6.95. The van der Waals surface area contributed by atoms with Crippen LogP contribution in [0.25, 0.3) is 33.1 Å². The molecule has 242 valence electrons. The third-order valence-electron chi connectivity index (χ3n) is 10.2. The number of rotatable bonds is 8. The summed E-state index contributed by atoms with van der Waals surface area (Å²) in [5, 5.41) is 12.5. The van der Waals surface area contributed by atoms with Crippen molar-refractivity contribution in [2.24, 2.45) is 0 Å². The molecule has 7 rings (SSSR count). The Balaban J connectivity index is 1.37. The summed E-state index contributed by atoms with van der Waals surface area (Å²) in [7, 11) is 0. The number of fused-ring (bicyclic) bond motifs is 3. The van der Waals surface area contributed by atoms with Gasteiger partial charge < -0.3 is 23.7 Å². The lowest BCUT2D eigenvalue weighted by atomic mass is 9.73. The summed E-state index contributed by atoms with van der Waals surface area (Å²) in [5.41, 5.74) is 1.25. The van der Waals surface area contributed by atoms with Gasteiger partial charge in [0.1, 0.15) is 22.3 Å². The molecule has 0 spiro atoms. The Morgan fingerprint density at radius 2 is 1.55 bits per heavy atom. The molecule has 2 fully saturated rings. The average molecular weight is 633 g/mol. The second-order valence-corrected chi connectivity index (χ2v) is 13.2. The highest BCUT2D eigenvalue weighted by atomic mass is 16.4. The topological polar surface area (TPSA) is 104 Å². The van der Waals surface area contributed by atoms with Crippen molar-refractivity contribution in [3.63, 3.8) is 0 Å². The van der Waals surface area contributed by atoms with Crippen LogP contribution in [0.3, 0.4) is 0 Å². The van der Waals surface area contributed by atoms with E-state index >= 15 is 0 Å². The molecule has 8 heteroatoms. The van der Waals surface area contributed by atoms with Crippen molar-refractivity contribution in [3.05, 3.63) is 106 Å². The summed E-state index contributed by atoms with van der Waals surface area (Å²) in [6.45, 7) is 5.27. The van der Waals surface area contributed by atoms with E-state index in [0.717, 1.165) is 42.4 Å². The SMILES string of the molecule is Cc1cc(=O)oc2c1ccc1oc(C(CC(=O)N3CCC(N4CCCCC4)CC3)(Cc3ccccc3)C(=O)O)c(-c3ccccc3)c12. The maximum atomic E-state index is 14.3. The zero-order valence-corrected chi connectivity index (χ0v) is 26.7. The number of aryl methyl sites for hydroxylation is 1. The van der Waals surface area contributed by atoms with Crippen molar-refractivity contribution in [2.45, 2.75) is 63.3 Å². The maximum Gasteiger partial charge on any atom is 0.336 e. The van der Waals surface area contributed by atoms with Gasteiger partial charge in [0, 0.05) is 36.1 Å². The molecule has 1 atom stereocenters. The van der Waals surface area contributed by atoms with Crippen LogP contribution in [0.5, 0.6) is 0 Å². The lowest BCUT2D eigenvalue weighted by Gasteiger charge is -2.41. The Hall–Kier alpha value is -4.69. The Kier molecular flexibility index (Phi) is 8.45. The van der Waals surface area contributed by atoms with Crippen LogP contribution in [-0.2, 0) is 21.4 Å². The molecule has 2 saturated heterocycles. The fraction of sp³-hybridized carbons (Fsp3) is 0.359. The number of carboxylic acid groups (broad SMARTS) is 1. The molecule has 2 aliphatic heterocycles. The average Bonchev–Trinajstić information content (AvgIpc) is 3.50. The molecular weight excluding hydrogens is 592 g/mol. The van der Waals surface area contributed by atoms with E-state index in [2.05, 4.69) is 4.90 Å². The highest BCUT2D eigenvalue weighted by Gasteiger charge is 2.49. The van der Waals surface area contributed by atoms with Gasteiger partial charge in [-0.1, -0.05) is 67.1 Å². The number of piperidine rings is 2. The van der Waals surface area contributed by atoms with Crippen molar-refractivity contribution >= 4 is 33.8 Å².